The molecular weight excluding hydrogens is 154 g/mol. The Morgan fingerprint density at radius 1 is 1.25 bits per heavy atom. The molecule has 1 atom stereocenters. The van der Waals surface area contributed by atoms with E-state index in [4.69, 9.17) is 9.84 Å². The molecule has 0 saturated carbocycles. The SMILES string of the molecule is CC(O)CCNCCOC(C)C. The van der Waals surface area contributed by atoms with Crippen molar-refractivity contribution in [3.05, 3.63) is 0 Å². The first kappa shape index (κ1) is 11.9. The Labute approximate surface area is 75.1 Å². The van der Waals surface area contributed by atoms with Gasteiger partial charge in [-0.25, -0.2) is 0 Å². The Bertz CT molecular complexity index is 82.5. The normalized spacial score (nSPS) is 13.8. The number of aliphatic hydroxyl groups is 1. The summed E-state index contributed by atoms with van der Waals surface area (Å²) in [6.45, 7) is 8.32. The number of rotatable bonds is 7. The molecule has 12 heavy (non-hydrogen) atoms. The molecule has 0 aromatic heterocycles. The van der Waals surface area contributed by atoms with Crippen molar-refractivity contribution in [1.82, 2.24) is 5.32 Å². The van der Waals surface area contributed by atoms with Crippen LogP contribution in [0.3, 0.4) is 0 Å². The highest BCUT2D eigenvalue weighted by molar-refractivity contribution is 4.51. The van der Waals surface area contributed by atoms with Crippen LogP contribution in [0.2, 0.25) is 0 Å². The zero-order valence-electron chi connectivity index (χ0n) is 8.34. The molecule has 0 aromatic rings. The van der Waals surface area contributed by atoms with E-state index in [0.717, 1.165) is 26.1 Å². The molecule has 0 radical (unpaired) electrons. The lowest BCUT2D eigenvalue weighted by molar-refractivity contribution is 0.0801. The Hall–Kier alpha value is -0.120. The van der Waals surface area contributed by atoms with Crippen molar-refractivity contribution in [2.24, 2.45) is 0 Å². The summed E-state index contributed by atoms with van der Waals surface area (Å²) in [4.78, 5) is 0. The van der Waals surface area contributed by atoms with E-state index < -0.39 is 0 Å². The third-order valence-corrected chi connectivity index (χ3v) is 1.47. The Morgan fingerprint density at radius 2 is 1.92 bits per heavy atom. The summed E-state index contributed by atoms with van der Waals surface area (Å²) >= 11 is 0. The molecule has 0 aliphatic carbocycles. The van der Waals surface area contributed by atoms with Crippen molar-refractivity contribution in [3.63, 3.8) is 0 Å². The minimum absolute atomic E-state index is 0.205. The van der Waals surface area contributed by atoms with Gasteiger partial charge in [-0.05, 0) is 33.7 Å². The zero-order valence-corrected chi connectivity index (χ0v) is 8.34. The van der Waals surface area contributed by atoms with E-state index in [1.807, 2.05) is 13.8 Å². The Morgan fingerprint density at radius 3 is 2.42 bits per heavy atom. The molecule has 0 rings (SSSR count). The second-order valence-electron chi connectivity index (χ2n) is 3.31. The monoisotopic (exact) mass is 175 g/mol. The van der Waals surface area contributed by atoms with Crippen LogP contribution in [0.25, 0.3) is 0 Å². The fraction of sp³-hybridized carbons (Fsp3) is 1.00. The zero-order chi connectivity index (χ0) is 9.40. The van der Waals surface area contributed by atoms with Gasteiger partial charge in [0, 0.05) is 6.54 Å². The number of ether oxygens (including phenoxy) is 1. The highest BCUT2D eigenvalue weighted by Gasteiger charge is 1.95. The van der Waals surface area contributed by atoms with Gasteiger partial charge in [0.15, 0.2) is 0 Å². The highest BCUT2D eigenvalue weighted by Crippen LogP contribution is 1.87. The molecule has 0 fully saturated rings. The molecular formula is C9H21NO2. The molecule has 0 bridgehead atoms. The fourth-order valence-corrected chi connectivity index (χ4v) is 0.803. The average molecular weight is 175 g/mol. The molecule has 0 aliphatic heterocycles. The molecule has 1 unspecified atom stereocenters. The summed E-state index contributed by atoms with van der Waals surface area (Å²) in [6.07, 6.45) is 0.911. The predicted octanol–water partition coefficient (Wildman–Crippen LogP) is 0.772. The van der Waals surface area contributed by atoms with Crippen LogP contribution in [-0.4, -0.2) is 37.0 Å². The summed E-state index contributed by atoms with van der Waals surface area (Å²) in [5.41, 5.74) is 0. The Kier molecular flexibility index (Phi) is 7.45. The Balaban J connectivity index is 2.91. The summed E-state index contributed by atoms with van der Waals surface area (Å²) in [6, 6.07) is 0. The largest absolute Gasteiger partial charge is 0.393 e. The molecule has 0 amide bonds. The average Bonchev–Trinajstić information content (AvgIpc) is 1.95. The van der Waals surface area contributed by atoms with E-state index in [-0.39, 0.29) is 6.10 Å². The first-order valence-electron chi connectivity index (χ1n) is 4.63. The van der Waals surface area contributed by atoms with Crippen molar-refractivity contribution < 1.29 is 9.84 Å². The van der Waals surface area contributed by atoms with Crippen molar-refractivity contribution >= 4 is 0 Å². The second kappa shape index (κ2) is 7.53. The maximum Gasteiger partial charge on any atom is 0.0594 e. The van der Waals surface area contributed by atoms with E-state index in [0.29, 0.717) is 6.10 Å². The third kappa shape index (κ3) is 9.88. The maximum atomic E-state index is 8.93. The number of nitrogens with one attached hydrogen (secondary N) is 1. The minimum atomic E-state index is -0.205. The maximum absolute atomic E-state index is 8.93. The summed E-state index contributed by atoms with van der Waals surface area (Å²) < 4.78 is 5.32. The van der Waals surface area contributed by atoms with Gasteiger partial charge in [0.25, 0.3) is 0 Å². The molecule has 0 aromatic carbocycles. The number of aliphatic hydroxyl groups excluding tert-OH is 1. The molecule has 2 N–H and O–H groups in total. The van der Waals surface area contributed by atoms with Crippen LogP contribution in [0.5, 0.6) is 0 Å². The van der Waals surface area contributed by atoms with E-state index >= 15 is 0 Å². The number of hydrogen-bond acceptors (Lipinski definition) is 3. The standard InChI is InChI=1S/C9H21NO2/c1-8(2)12-7-6-10-5-4-9(3)11/h8-11H,4-7H2,1-3H3. The molecule has 0 heterocycles. The number of hydrogen-bond donors (Lipinski definition) is 2. The van der Waals surface area contributed by atoms with Crippen LogP contribution in [0.15, 0.2) is 0 Å². The summed E-state index contributed by atoms with van der Waals surface area (Å²) in [7, 11) is 0. The predicted molar refractivity (Wildman–Crippen MR) is 50.3 cm³/mol. The topological polar surface area (TPSA) is 41.5 Å². The van der Waals surface area contributed by atoms with E-state index in [9.17, 15) is 0 Å². The first-order valence-corrected chi connectivity index (χ1v) is 4.63. The smallest absolute Gasteiger partial charge is 0.0594 e. The molecule has 0 spiro atoms. The highest BCUT2D eigenvalue weighted by atomic mass is 16.5. The van der Waals surface area contributed by atoms with E-state index in [2.05, 4.69) is 5.32 Å². The fourth-order valence-electron chi connectivity index (χ4n) is 0.803. The molecule has 0 saturated heterocycles. The van der Waals surface area contributed by atoms with Crippen molar-refractivity contribution in [3.8, 4) is 0 Å². The van der Waals surface area contributed by atoms with Crippen molar-refractivity contribution in [1.29, 1.82) is 0 Å². The van der Waals surface area contributed by atoms with Crippen LogP contribution in [-0.2, 0) is 4.74 Å². The van der Waals surface area contributed by atoms with Crippen molar-refractivity contribution in [2.45, 2.75) is 39.4 Å². The van der Waals surface area contributed by atoms with Gasteiger partial charge in [0.2, 0.25) is 0 Å². The molecule has 0 aliphatic rings. The van der Waals surface area contributed by atoms with Crippen LogP contribution >= 0.6 is 0 Å². The molecule has 3 nitrogen and oxygen atoms in total. The quantitative estimate of drug-likeness (QED) is 0.562. The van der Waals surface area contributed by atoms with Crippen LogP contribution in [0, 0.1) is 0 Å². The van der Waals surface area contributed by atoms with Gasteiger partial charge in [-0.3, -0.25) is 0 Å². The molecule has 74 valence electrons. The van der Waals surface area contributed by atoms with Gasteiger partial charge in [-0.2, -0.15) is 0 Å². The summed E-state index contributed by atoms with van der Waals surface area (Å²) in [5, 5.41) is 12.1. The van der Waals surface area contributed by atoms with Gasteiger partial charge < -0.3 is 15.2 Å². The second-order valence-corrected chi connectivity index (χ2v) is 3.31. The lowest BCUT2D eigenvalue weighted by atomic mass is 10.3. The third-order valence-electron chi connectivity index (χ3n) is 1.47. The first-order chi connectivity index (χ1) is 5.63. The minimum Gasteiger partial charge on any atom is -0.393 e. The van der Waals surface area contributed by atoms with Gasteiger partial charge in [-0.15, -0.1) is 0 Å². The van der Waals surface area contributed by atoms with Gasteiger partial charge in [0.05, 0.1) is 18.8 Å². The van der Waals surface area contributed by atoms with Gasteiger partial charge in [0.1, 0.15) is 0 Å². The van der Waals surface area contributed by atoms with E-state index in [1.54, 1.807) is 6.92 Å². The van der Waals surface area contributed by atoms with Crippen LogP contribution in [0.1, 0.15) is 27.2 Å². The van der Waals surface area contributed by atoms with Gasteiger partial charge in [-0.1, -0.05) is 0 Å². The van der Waals surface area contributed by atoms with Crippen molar-refractivity contribution in [2.75, 3.05) is 19.7 Å². The van der Waals surface area contributed by atoms with Gasteiger partial charge >= 0.3 is 0 Å². The van der Waals surface area contributed by atoms with Crippen LogP contribution < -0.4 is 5.32 Å². The summed E-state index contributed by atoms with van der Waals surface area (Å²) in [5.74, 6) is 0. The lowest BCUT2D eigenvalue weighted by Gasteiger charge is -2.09. The molecule has 3 heteroatoms. The lowest BCUT2D eigenvalue weighted by Crippen LogP contribution is -2.24. The van der Waals surface area contributed by atoms with Crippen LogP contribution in [0.4, 0.5) is 0 Å². The van der Waals surface area contributed by atoms with E-state index in [1.165, 1.54) is 0 Å².